The number of nitrogens with one attached hydrogen (secondary N) is 2. The number of carbonyl (C=O) groups is 1. The molecule has 2 unspecified atom stereocenters. The molecule has 3 rings (SSSR count). The van der Waals surface area contributed by atoms with E-state index in [0.717, 1.165) is 12.1 Å². The average molecular weight is 628 g/mol. The highest BCUT2D eigenvalue weighted by molar-refractivity contribution is 7.91. The minimum Gasteiger partial charge on any atom is -0.287 e. The second-order valence-corrected chi connectivity index (χ2v) is 11.7. The molecule has 38 heavy (non-hydrogen) atoms. The van der Waals surface area contributed by atoms with Gasteiger partial charge in [-0.1, -0.05) is 40.9 Å². The monoisotopic (exact) mass is 626 g/mol. The Morgan fingerprint density at radius 2 is 1.63 bits per heavy atom. The normalized spacial score (nSPS) is 18.9. The zero-order valence-corrected chi connectivity index (χ0v) is 21.7. The number of halogens is 10. The van der Waals surface area contributed by atoms with E-state index in [1.165, 1.54) is 0 Å². The molecule has 208 valence electrons. The highest BCUT2D eigenvalue weighted by Crippen LogP contribution is 2.42. The molecule has 16 heteroatoms. The molecule has 5 nitrogen and oxygen atoms in total. The summed E-state index contributed by atoms with van der Waals surface area (Å²) in [4.78, 5) is 12.4. The molecular weight excluding hydrogens is 612 g/mol. The molecule has 2 aromatic carbocycles. The van der Waals surface area contributed by atoms with Crippen molar-refractivity contribution in [2.45, 2.75) is 30.7 Å². The van der Waals surface area contributed by atoms with E-state index in [2.05, 4.69) is 5.43 Å². The fraction of sp³-hybridized carbons (Fsp3) is 0.318. The first-order valence-corrected chi connectivity index (χ1v) is 13.4. The lowest BCUT2D eigenvalue weighted by Gasteiger charge is -2.19. The van der Waals surface area contributed by atoms with Crippen molar-refractivity contribution < 1.29 is 43.9 Å². The van der Waals surface area contributed by atoms with Crippen LogP contribution in [0.25, 0.3) is 5.83 Å². The maximum Gasteiger partial charge on any atom is 0.417 e. The maximum absolute atomic E-state index is 14.9. The summed E-state index contributed by atoms with van der Waals surface area (Å²) in [6, 6.07) is 2.35. The van der Waals surface area contributed by atoms with Crippen LogP contribution in [0.5, 0.6) is 0 Å². The van der Waals surface area contributed by atoms with E-state index in [4.69, 9.17) is 34.8 Å². The van der Waals surface area contributed by atoms with Crippen LogP contribution in [-0.4, -0.2) is 38.0 Å². The summed E-state index contributed by atoms with van der Waals surface area (Å²) in [5.74, 6) is -6.13. The summed E-state index contributed by atoms with van der Waals surface area (Å²) >= 11 is 17.3. The van der Waals surface area contributed by atoms with Gasteiger partial charge in [-0.3, -0.25) is 10.2 Å². The number of hydrogen-bond acceptors (Lipinski definition) is 4. The van der Waals surface area contributed by atoms with E-state index in [-0.39, 0.29) is 45.1 Å². The standard InChI is InChI=1S/C22H16Cl3F7N2O3S/c23-16-6-11(7-17(24)19(16)25)14(21(27,28)29)8-18(26)10-1-2-13(15(5-10)22(30,31)32)20(35)34-33-12-3-4-38(36,37)9-12/h1-2,5-8,12,14,33H,3-4,9H2,(H,34,35)/b18-8-. The van der Waals surface area contributed by atoms with Crippen molar-refractivity contribution in [2.75, 3.05) is 11.5 Å². The van der Waals surface area contributed by atoms with Crippen molar-refractivity contribution in [3.8, 4) is 0 Å². The van der Waals surface area contributed by atoms with Crippen LogP contribution in [0.3, 0.4) is 0 Å². The molecule has 0 spiro atoms. The summed E-state index contributed by atoms with van der Waals surface area (Å²) in [5.41, 5.74) is 0.230. The number of allylic oxidation sites excluding steroid dienone is 1. The van der Waals surface area contributed by atoms with Gasteiger partial charge in [0, 0.05) is 11.6 Å². The third-order valence-corrected chi connectivity index (χ3v) is 8.46. The van der Waals surface area contributed by atoms with E-state index in [1.54, 1.807) is 0 Å². The largest absolute Gasteiger partial charge is 0.417 e. The number of carbonyl (C=O) groups excluding carboxylic acids is 1. The molecule has 0 saturated carbocycles. The minimum atomic E-state index is -5.19. The van der Waals surface area contributed by atoms with Crippen LogP contribution < -0.4 is 10.9 Å². The molecule has 1 amide bonds. The Labute approximate surface area is 226 Å². The number of sulfone groups is 1. The second-order valence-electron chi connectivity index (χ2n) is 8.29. The first-order chi connectivity index (χ1) is 17.4. The third-order valence-electron chi connectivity index (χ3n) is 5.50. The summed E-state index contributed by atoms with van der Waals surface area (Å²) in [7, 11) is -3.35. The quantitative estimate of drug-likeness (QED) is 0.211. The smallest absolute Gasteiger partial charge is 0.287 e. The SMILES string of the molecule is O=C(NNC1CCS(=O)(=O)C1)c1ccc(/C(F)=C/C(c2cc(Cl)c(Cl)c(Cl)c2)C(F)(F)F)cc1C(F)(F)F. The van der Waals surface area contributed by atoms with Crippen molar-refractivity contribution in [2.24, 2.45) is 0 Å². The molecule has 2 atom stereocenters. The van der Waals surface area contributed by atoms with Crippen LogP contribution in [0.1, 0.15) is 39.4 Å². The Hall–Kier alpha value is -2.06. The fourth-order valence-electron chi connectivity index (χ4n) is 3.65. The number of benzene rings is 2. The number of hydrazine groups is 1. The fourth-order valence-corrected chi connectivity index (χ4v) is 5.93. The Bertz CT molecular complexity index is 1360. The molecule has 1 heterocycles. The van der Waals surface area contributed by atoms with Crippen LogP contribution in [0.4, 0.5) is 30.7 Å². The molecular formula is C22H16Cl3F7N2O3S. The first kappa shape index (κ1) is 30.5. The summed E-state index contributed by atoms with van der Waals surface area (Å²) in [6.45, 7) is 0. The van der Waals surface area contributed by atoms with Crippen molar-refractivity contribution in [3.63, 3.8) is 0 Å². The van der Waals surface area contributed by atoms with E-state index in [1.807, 2.05) is 5.43 Å². The number of hydrogen-bond donors (Lipinski definition) is 2. The van der Waals surface area contributed by atoms with Gasteiger partial charge in [-0.2, -0.15) is 26.3 Å². The average Bonchev–Trinajstić information content (AvgIpc) is 3.15. The van der Waals surface area contributed by atoms with Crippen molar-refractivity contribution in [1.29, 1.82) is 0 Å². The van der Waals surface area contributed by atoms with Crippen LogP contribution in [0, 0.1) is 0 Å². The zero-order valence-electron chi connectivity index (χ0n) is 18.7. The first-order valence-electron chi connectivity index (χ1n) is 10.5. The van der Waals surface area contributed by atoms with Crippen LogP contribution in [-0.2, 0) is 16.0 Å². The molecule has 1 fully saturated rings. The lowest BCUT2D eigenvalue weighted by Crippen LogP contribution is -2.45. The molecule has 0 bridgehead atoms. The summed E-state index contributed by atoms with van der Waals surface area (Å²) in [6.07, 6.45) is -10.1. The number of rotatable bonds is 6. The van der Waals surface area contributed by atoms with Crippen LogP contribution >= 0.6 is 34.8 Å². The predicted molar refractivity (Wildman–Crippen MR) is 128 cm³/mol. The zero-order chi connectivity index (χ0) is 28.6. The van der Waals surface area contributed by atoms with E-state index in [9.17, 15) is 43.9 Å². The summed E-state index contributed by atoms with van der Waals surface area (Å²) in [5, 5.41) is -0.943. The number of alkyl halides is 6. The molecule has 1 aliphatic rings. The molecule has 2 N–H and O–H groups in total. The van der Waals surface area contributed by atoms with Gasteiger partial charge in [0.1, 0.15) is 11.7 Å². The molecule has 0 radical (unpaired) electrons. The van der Waals surface area contributed by atoms with Gasteiger partial charge in [0.2, 0.25) is 0 Å². The van der Waals surface area contributed by atoms with Gasteiger partial charge < -0.3 is 0 Å². The lowest BCUT2D eigenvalue weighted by molar-refractivity contribution is -0.140. The van der Waals surface area contributed by atoms with E-state index in [0.29, 0.717) is 12.1 Å². The molecule has 0 aromatic heterocycles. The van der Waals surface area contributed by atoms with Gasteiger partial charge in [0.15, 0.2) is 9.84 Å². The van der Waals surface area contributed by atoms with Crippen LogP contribution in [0.15, 0.2) is 36.4 Å². The lowest BCUT2D eigenvalue weighted by atomic mass is 9.95. The Kier molecular flexibility index (Phi) is 8.99. The van der Waals surface area contributed by atoms with Gasteiger partial charge in [-0.25, -0.2) is 18.2 Å². The van der Waals surface area contributed by atoms with Gasteiger partial charge >= 0.3 is 12.4 Å². The van der Waals surface area contributed by atoms with Crippen LogP contribution in [0.2, 0.25) is 15.1 Å². The van der Waals surface area contributed by atoms with Crippen molar-refractivity contribution in [1.82, 2.24) is 10.9 Å². The summed E-state index contributed by atoms with van der Waals surface area (Å²) < 4.78 is 120. The molecule has 0 aliphatic carbocycles. The molecule has 1 aliphatic heterocycles. The topological polar surface area (TPSA) is 75.3 Å². The van der Waals surface area contributed by atoms with Crippen molar-refractivity contribution in [3.05, 3.63) is 73.7 Å². The highest BCUT2D eigenvalue weighted by Gasteiger charge is 2.41. The van der Waals surface area contributed by atoms with Gasteiger partial charge in [0.05, 0.1) is 37.7 Å². The van der Waals surface area contributed by atoms with Gasteiger partial charge in [0.25, 0.3) is 5.91 Å². The van der Waals surface area contributed by atoms with Gasteiger partial charge in [-0.05, 0) is 42.3 Å². The molecule has 1 saturated heterocycles. The molecule has 2 aromatic rings. The Balaban J connectivity index is 1.95. The number of amides is 1. The second kappa shape index (κ2) is 11.2. The van der Waals surface area contributed by atoms with E-state index >= 15 is 0 Å². The minimum absolute atomic E-state index is 0.0488. The highest BCUT2D eigenvalue weighted by atomic mass is 35.5. The maximum atomic E-state index is 14.9. The Morgan fingerprint density at radius 3 is 2.13 bits per heavy atom. The third kappa shape index (κ3) is 7.32. The van der Waals surface area contributed by atoms with Gasteiger partial charge in [-0.15, -0.1) is 0 Å². The van der Waals surface area contributed by atoms with E-state index < -0.39 is 68.1 Å². The van der Waals surface area contributed by atoms with Crippen molar-refractivity contribution >= 4 is 56.4 Å². The Morgan fingerprint density at radius 1 is 1.03 bits per heavy atom. The predicted octanol–water partition coefficient (Wildman–Crippen LogP) is 6.74.